The molecule has 2 atom stereocenters. The van der Waals surface area contributed by atoms with Gasteiger partial charge in [-0.3, -0.25) is 19.7 Å². The average Bonchev–Trinajstić information content (AvgIpc) is 3.19. The van der Waals surface area contributed by atoms with Gasteiger partial charge in [0.2, 0.25) is 11.8 Å². The second kappa shape index (κ2) is 11.4. The van der Waals surface area contributed by atoms with Crippen LogP contribution in [-0.4, -0.2) is 62.6 Å². The van der Waals surface area contributed by atoms with Gasteiger partial charge in [0.15, 0.2) is 0 Å². The number of hydrogen-bond acceptors (Lipinski definition) is 7. The van der Waals surface area contributed by atoms with Gasteiger partial charge in [-0.25, -0.2) is 0 Å². The summed E-state index contributed by atoms with van der Waals surface area (Å²) in [6.45, 7) is 2.52. The van der Waals surface area contributed by atoms with E-state index in [-0.39, 0.29) is 30.8 Å². The first-order valence-corrected chi connectivity index (χ1v) is 11.7. The third-order valence-corrected chi connectivity index (χ3v) is 6.35. The summed E-state index contributed by atoms with van der Waals surface area (Å²) in [5.74, 6) is -0.319. The van der Waals surface area contributed by atoms with Crippen LogP contribution in [0.25, 0.3) is 0 Å². The normalized spacial score (nSPS) is 18.4. The molecule has 2 N–H and O–H groups in total. The zero-order chi connectivity index (χ0) is 24.8. The van der Waals surface area contributed by atoms with Crippen molar-refractivity contribution in [2.75, 3.05) is 34.0 Å². The van der Waals surface area contributed by atoms with E-state index < -0.39 is 11.9 Å². The number of carbonyl (C=O) groups is 3. The van der Waals surface area contributed by atoms with Crippen molar-refractivity contribution in [2.24, 2.45) is 0 Å². The van der Waals surface area contributed by atoms with E-state index in [0.29, 0.717) is 37.6 Å². The molecule has 1 saturated heterocycles. The van der Waals surface area contributed by atoms with Crippen LogP contribution in [0.5, 0.6) is 5.75 Å². The van der Waals surface area contributed by atoms with E-state index in [1.807, 2.05) is 30.3 Å². The molecule has 2 aliphatic heterocycles. The van der Waals surface area contributed by atoms with Gasteiger partial charge in [-0.05, 0) is 29.7 Å². The van der Waals surface area contributed by atoms with Gasteiger partial charge in [-0.2, -0.15) is 0 Å². The minimum atomic E-state index is -0.648. The van der Waals surface area contributed by atoms with Gasteiger partial charge in [-0.15, -0.1) is 0 Å². The highest BCUT2D eigenvalue weighted by molar-refractivity contribution is 6.05. The van der Waals surface area contributed by atoms with Crippen molar-refractivity contribution >= 4 is 17.7 Å². The summed E-state index contributed by atoms with van der Waals surface area (Å²) in [5, 5.41) is 5.75. The number of imide groups is 1. The fraction of sp³-hybridized carbons (Fsp3) is 0.423. The molecule has 0 aromatic heterocycles. The zero-order valence-corrected chi connectivity index (χ0v) is 20.0. The van der Waals surface area contributed by atoms with Gasteiger partial charge < -0.3 is 24.4 Å². The van der Waals surface area contributed by atoms with Crippen molar-refractivity contribution in [1.29, 1.82) is 0 Å². The van der Waals surface area contributed by atoms with Crippen LogP contribution >= 0.6 is 0 Å². The Morgan fingerprint density at radius 3 is 2.60 bits per heavy atom. The predicted octanol–water partition coefficient (Wildman–Crippen LogP) is 1.95. The van der Waals surface area contributed by atoms with E-state index in [2.05, 4.69) is 10.6 Å². The number of rotatable bonds is 11. The van der Waals surface area contributed by atoms with Crippen LogP contribution in [-0.2, 0) is 32.2 Å². The van der Waals surface area contributed by atoms with Gasteiger partial charge in [-0.1, -0.05) is 30.3 Å². The summed E-state index contributed by atoms with van der Waals surface area (Å²) >= 11 is 0. The Morgan fingerprint density at radius 1 is 1.09 bits per heavy atom. The van der Waals surface area contributed by atoms with Crippen LogP contribution in [0, 0.1) is 0 Å². The Hall–Kier alpha value is -3.27. The number of nitrogens with zero attached hydrogens (tertiary/aromatic N) is 1. The molecule has 2 aromatic carbocycles. The van der Waals surface area contributed by atoms with E-state index >= 15 is 0 Å². The third-order valence-electron chi connectivity index (χ3n) is 6.35. The van der Waals surface area contributed by atoms with E-state index in [4.69, 9.17) is 14.2 Å². The number of ether oxygens (including phenoxy) is 3. The molecular formula is C26H31N3O6. The van der Waals surface area contributed by atoms with Crippen LogP contribution in [0.1, 0.15) is 45.9 Å². The number of methoxy groups -OCH3 is 2. The van der Waals surface area contributed by atoms with Crippen molar-refractivity contribution < 1.29 is 28.6 Å². The molecule has 0 aliphatic carbocycles. The first-order valence-electron chi connectivity index (χ1n) is 11.7. The van der Waals surface area contributed by atoms with Gasteiger partial charge in [0.25, 0.3) is 5.91 Å². The number of hydrogen-bond donors (Lipinski definition) is 2. The standard InChI is InChI=1S/C26H31N3O6/c1-33-13-12-27-21(16-34-2)18-8-6-17(7-9-18)15-35-23-5-3-4-19-20(23)14-29(26(19)32)22-10-11-24(30)28-25(22)31/h3-9,21-22,27H,10-16H2,1-2H3,(H,28,30,31). The maximum atomic E-state index is 13.0. The molecule has 9 heteroatoms. The first-order chi connectivity index (χ1) is 17.0. The molecule has 0 saturated carbocycles. The molecule has 1 fully saturated rings. The summed E-state index contributed by atoms with van der Waals surface area (Å²) in [6, 6.07) is 12.9. The monoisotopic (exact) mass is 481 g/mol. The van der Waals surface area contributed by atoms with Gasteiger partial charge in [0, 0.05) is 38.3 Å². The quantitative estimate of drug-likeness (QED) is 0.373. The molecule has 2 unspecified atom stereocenters. The van der Waals surface area contributed by atoms with Gasteiger partial charge in [0.1, 0.15) is 18.4 Å². The molecule has 0 bridgehead atoms. The molecular weight excluding hydrogens is 450 g/mol. The largest absolute Gasteiger partial charge is 0.489 e. The van der Waals surface area contributed by atoms with Crippen molar-refractivity contribution in [1.82, 2.24) is 15.5 Å². The van der Waals surface area contributed by atoms with Crippen LogP contribution in [0.2, 0.25) is 0 Å². The van der Waals surface area contributed by atoms with Crippen molar-refractivity contribution in [2.45, 2.75) is 38.1 Å². The van der Waals surface area contributed by atoms with E-state index in [9.17, 15) is 14.4 Å². The van der Waals surface area contributed by atoms with E-state index in [0.717, 1.165) is 23.2 Å². The molecule has 4 rings (SSSR count). The lowest BCUT2D eigenvalue weighted by Crippen LogP contribution is -2.52. The minimum absolute atomic E-state index is 0.0618. The number of benzene rings is 2. The summed E-state index contributed by atoms with van der Waals surface area (Å²) in [4.78, 5) is 38.3. The highest BCUT2D eigenvalue weighted by Gasteiger charge is 2.40. The summed E-state index contributed by atoms with van der Waals surface area (Å²) in [5.41, 5.74) is 3.40. The highest BCUT2D eigenvalue weighted by Crippen LogP contribution is 2.34. The summed E-state index contributed by atoms with van der Waals surface area (Å²) in [6.07, 6.45) is 0.556. The Morgan fingerprint density at radius 2 is 1.89 bits per heavy atom. The number of nitrogens with one attached hydrogen (secondary N) is 2. The molecule has 2 aromatic rings. The Labute approximate surface area is 204 Å². The lowest BCUT2D eigenvalue weighted by molar-refractivity contribution is -0.136. The molecule has 3 amide bonds. The number of fused-ring (bicyclic) bond motifs is 1. The summed E-state index contributed by atoms with van der Waals surface area (Å²) in [7, 11) is 3.35. The fourth-order valence-electron chi connectivity index (χ4n) is 4.47. The smallest absolute Gasteiger partial charge is 0.255 e. The second-order valence-electron chi connectivity index (χ2n) is 8.67. The molecule has 2 heterocycles. The van der Waals surface area contributed by atoms with E-state index in [1.54, 1.807) is 26.4 Å². The van der Waals surface area contributed by atoms with Crippen LogP contribution in [0.3, 0.4) is 0 Å². The number of carbonyl (C=O) groups excluding carboxylic acids is 3. The van der Waals surface area contributed by atoms with Crippen LogP contribution < -0.4 is 15.4 Å². The maximum absolute atomic E-state index is 13.0. The van der Waals surface area contributed by atoms with Crippen molar-refractivity contribution in [3.63, 3.8) is 0 Å². The number of amides is 3. The second-order valence-corrected chi connectivity index (χ2v) is 8.67. The lowest BCUT2D eigenvalue weighted by Gasteiger charge is -2.29. The molecule has 2 aliphatic rings. The van der Waals surface area contributed by atoms with Crippen molar-refractivity contribution in [3.8, 4) is 5.75 Å². The Kier molecular flexibility index (Phi) is 8.12. The van der Waals surface area contributed by atoms with E-state index in [1.165, 1.54) is 4.90 Å². The van der Waals surface area contributed by atoms with Crippen LogP contribution in [0.4, 0.5) is 0 Å². The van der Waals surface area contributed by atoms with Crippen LogP contribution in [0.15, 0.2) is 42.5 Å². The first kappa shape index (κ1) is 24.8. The Bertz CT molecular complexity index is 1070. The highest BCUT2D eigenvalue weighted by atomic mass is 16.5. The molecule has 186 valence electrons. The fourth-order valence-corrected chi connectivity index (χ4v) is 4.47. The average molecular weight is 482 g/mol. The van der Waals surface area contributed by atoms with Gasteiger partial charge in [0.05, 0.1) is 25.8 Å². The molecule has 0 radical (unpaired) electrons. The molecule has 35 heavy (non-hydrogen) atoms. The molecule has 0 spiro atoms. The third kappa shape index (κ3) is 5.70. The van der Waals surface area contributed by atoms with Gasteiger partial charge >= 0.3 is 0 Å². The predicted molar refractivity (Wildman–Crippen MR) is 128 cm³/mol. The SMILES string of the molecule is COCCNC(COC)c1ccc(COc2cccc3c2CN(C2CCC(=O)NC2=O)C3=O)cc1. The lowest BCUT2D eigenvalue weighted by atomic mass is 10.0. The zero-order valence-electron chi connectivity index (χ0n) is 20.0. The maximum Gasteiger partial charge on any atom is 0.255 e. The number of piperidine rings is 1. The summed E-state index contributed by atoms with van der Waals surface area (Å²) < 4.78 is 16.5. The molecule has 9 nitrogen and oxygen atoms in total. The minimum Gasteiger partial charge on any atom is -0.489 e. The topological polar surface area (TPSA) is 106 Å². The Balaban J connectivity index is 1.41. The van der Waals surface area contributed by atoms with Crippen molar-refractivity contribution in [3.05, 3.63) is 64.7 Å².